The van der Waals surface area contributed by atoms with E-state index in [-0.39, 0.29) is 36.1 Å². The summed E-state index contributed by atoms with van der Waals surface area (Å²) in [4.78, 5) is 26.3. The summed E-state index contributed by atoms with van der Waals surface area (Å²) in [6.07, 6.45) is 2.70. The Labute approximate surface area is 133 Å². The highest BCUT2D eigenvalue weighted by Gasteiger charge is 2.30. The van der Waals surface area contributed by atoms with Gasteiger partial charge in [-0.05, 0) is 19.3 Å². The lowest BCUT2D eigenvalue weighted by Crippen LogP contribution is -2.51. The maximum Gasteiger partial charge on any atom is 0.225 e. The van der Waals surface area contributed by atoms with Gasteiger partial charge in [-0.25, -0.2) is 0 Å². The number of hydrogen-bond donors (Lipinski definition) is 2. The van der Waals surface area contributed by atoms with E-state index >= 15 is 0 Å². The van der Waals surface area contributed by atoms with Gasteiger partial charge in [-0.3, -0.25) is 9.59 Å². The summed E-state index contributed by atoms with van der Waals surface area (Å²) >= 11 is 0. The van der Waals surface area contributed by atoms with Crippen LogP contribution in [0.15, 0.2) is 0 Å². The molecule has 2 aliphatic rings. The van der Waals surface area contributed by atoms with Crippen LogP contribution >= 0.6 is 12.4 Å². The molecule has 2 atom stereocenters. The molecule has 2 amide bonds. The third kappa shape index (κ3) is 4.85. The van der Waals surface area contributed by atoms with E-state index < -0.39 is 0 Å². The number of amides is 2. The van der Waals surface area contributed by atoms with Gasteiger partial charge in [0.15, 0.2) is 0 Å². The van der Waals surface area contributed by atoms with Gasteiger partial charge in [0.05, 0.1) is 5.92 Å². The number of halogens is 1. The highest BCUT2D eigenvalue weighted by molar-refractivity contribution is 5.85. The van der Waals surface area contributed by atoms with Gasteiger partial charge in [0, 0.05) is 44.6 Å². The molecule has 0 aromatic carbocycles. The molecule has 2 unspecified atom stereocenters. The Hall–Kier alpha value is -0.810. The molecule has 0 spiro atoms. The minimum atomic E-state index is -0.0233. The summed E-state index contributed by atoms with van der Waals surface area (Å²) in [7, 11) is 0. The molecule has 2 saturated heterocycles. The van der Waals surface area contributed by atoms with Crippen LogP contribution in [0.2, 0.25) is 0 Å². The molecule has 2 N–H and O–H groups in total. The number of hydrogen-bond acceptors (Lipinski definition) is 3. The van der Waals surface area contributed by atoms with E-state index in [4.69, 9.17) is 0 Å². The second-order valence-corrected chi connectivity index (χ2v) is 6.20. The highest BCUT2D eigenvalue weighted by Crippen LogP contribution is 2.19. The monoisotopic (exact) mass is 317 g/mol. The van der Waals surface area contributed by atoms with E-state index in [2.05, 4.69) is 10.6 Å². The van der Waals surface area contributed by atoms with Crippen molar-refractivity contribution in [3.05, 3.63) is 0 Å². The summed E-state index contributed by atoms with van der Waals surface area (Å²) < 4.78 is 0. The van der Waals surface area contributed by atoms with Crippen molar-refractivity contribution < 1.29 is 9.59 Å². The molecule has 0 aliphatic carbocycles. The Bertz CT molecular complexity index is 361. The SMILES string of the molecule is CCC(C)C(=O)N1CCCC(C(=O)NCC2CNC2)C1.Cl. The minimum Gasteiger partial charge on any atom is -0.355 e. The summed E-state index contributed by atoms with van der Waals surface area (Å²) in [5.41, 5.74) is 0. The van der Waals surface area contributed by atoms with Crippen LogP contribution < -0.4 is 10.6 Å². The number of likely N-dealkylation sites (tertiary alicyclic amines) is 1. The van der Waals surface area contributed by atoms with Gasteiger partial charge < -0.3 is 15.5 Å². The van der Waals surface area contributed by atoms with Crippen LogP contribution in [0.3, 0.4) is 0 Å². The van der Waals surface area contributed by atoms with E-state index in [0.29, 0.717) is 12.5 Å². The molecule has 6 heteroatoms. The van der Waals surface area contributed by atoms with Gasteiger partial charge in [0.25, 0.3) is 0 Å². The van der Waals surface area contributed by atoms with E-state index in [9.17, 15) is 9.59 Å². The van der Waals surface area contributed by atoms with Crippen molar-refractivity contribution in [1.29, 1.82) is 0 Å². The molecule has 2 aliphatic heterocycles. The first-order valence-electron chi connectivity index (χ1n) is 7.89. The Balaban J connectivity index is 0.00000220. The maximum absolute atomic E-state index is 12.2. The van der Waals surface area contributed by atoms with Gasteiger partial charge in [-0.15, -0.1) is 12.4 Å². The summed E-state index contributed by atoms with van der Waals surface area (Å²) in [6, 6.07) is 0. The molecule has 2 heterocycles. The van der Waals surface area contributed by atoms with E-state index in [1.54, 1.807) is 0 Å². The first-order valence-corrected chi connectivity index (χ1v) is 7.89. The molecule has 2 fully saturated rings. The Morgan fingerprint density at radius 3 is 2.67 bits per heavy atom. The fourth-order valence-electron chi connectivity index (χ4n) is 2.76. The first kappa shape index (κ1) is 18.2. The van der Waals surface area contributed by atoms with Crippen LogP contribution in [0, 0.1) is 17.8 Å². The fraction of sp³-hybridized carbons (Fsp3) is 0.867. The van der Waals surface area contributed by atoms with Gasteiger partial charge in [-0.1, -0.05) is 13.8 Å². The number of nitrogens with zero attached hydrogens (tertiary/aromatic N) is 1. The lowest BCUT2D eigenvalue weighted by Gasteiger charge is -2.34. The number of carbonyl (C=O) groups excluding carboxylic acids is 2. The third-order valence-corrected chi connectivity index (χ3v) is 4.57. The van der Waals surface area contributed by atoms with Crippen LogP contribution in [-0.2, 0) is 9.59 Å². The smallest absolute Gasteiger partial charge is 0.225 e. The zero-order valence-corrected chi connectivity index (χ0v) is 13.9. The minimum absolute atomic E-state index is 0. The molecule has 0 aromatic heterocycles. The normalized spacial score (nSPS) is 23.7. The zero-order chi connectivity index (χ0) is 14.5. The number of nitrogens with one attached hydrogen (secondary N) is 2. The van der Waals surface area contributed by atoms with Crippen molar-refractivity contribution in [3.63, 3.8) is 0 Å². The maximum atomic E-state index is 12.2. The van der Waals surface area contributed by atoms with Gasteiger partial charge in [-0.2, -0.15) is 0 Å². The summed E-state index contributed by atoms with van der Waals surface area (Å²) in [5, 5.41) is 6.24. The lowest BCUT2D eigenvalue weighted by molar-refractivity contribution is -0.139. The molecule has 122 valence electrons. The van der Waals surface area contributed by atoms with Gasteiger partial charge in [0.1, 0.15) is 0 Å². The van der Waals surface area contributed by atoms with Crippen molar-refractivity contribution >= 4 is 24.2 Å². The average molecular weight is 318 g/mol. The third-order valence-electron chi connectivity index (χ3n) is 4.57. The molecule has 0 saturated carbocycles. The standard InChI is InChI=1S/C15H27N3O2.ClH/c1-3-11(2)15(20)18-6-4-5-13(10-18)14(19)17-9-12-7-16-8-12;/h11-13,16H,3-10H2,1-2H3,(H,17,19);1H. The topological polar surface area (TPSA) is 61.4 Å². The van der Waals surface area contributed by atoms with Gasteiger partial charge in [0.2, 0.25) is 11.8 Å². The molecule has 21 heavy (non-hydrogen) atoms. The van der Waals surface area contributed by atoms with Crippen LogP contribution in [0.4, 0.5) is 0 Å². The average Bonchev–Trinajstić information content (AvgIpc) is 2.44. The van der Waals surface area contributed by atoms with Crippen LogP contribution in [0.5, 0.6) is 0 Å². The van der Waals surface area contributed by atoms with Crippen molar-refractivity contribution in [2.24, 2.45) is 17.8 Å². The van der Waals surface area contributed by atoms with Gasteiger partial charge >= 0.3 is 0 Å². The van der Waals surface area contributed by atoms with Crippen molar-refractivity contribution in [2.75, 3.05) is 32.7 Å². The number of rotatable bonds is 5. The number of piperidine rings is 1. The molecule has 0 bridgehead atoms. The van der Waals surface area contributed by atoms with Crippen molar-refractivity contribution in [2.45, 2.75) is 33.1 Å². The molecule has 2 rings (SSSR count). The highest BCUT2D eigenvalue weighted by atomic mass is 35.5. The predicted molar refractivity (Wildman–Crippen MR) is 85.4 cm³/mol. The van der Waals surface area contributed by atoms with E-state index in [1.165, 1.54) is 0 Å². The van der Waals surface area contributed by atoms with Crippen LogP contribution in [0.25, 0.3) is 0 Å². The molecular weight excluding hydrogens is 290 g/mol. The molecule has 0 radical (unpaired) electrons. The van der Waals surface area contributed by atoms with E-state index in [0.717, 1.165) is 45.4 Å². The quantitative estimate of drug-likeness (QED) is 0.796. The Morgan fingerprint density at radius 2 is 2.10 bits per heavy atom. The molecule has 5 nitrogen and oxygen atoms in total. The van der Waals surface area contributed by atoms with Crippen molar-refractivity contribution in [1.82, 2.24) is 15.5 Å². The zero-order valence-electron chi connectivity index (χ0n) is 13.1. The second kappa shape index (κ2) is 8.59. The predicted octanol–water partition coefficient (Wildman–Crippen LogP) is 1.03. The van der Waals surface area contributed by atoms with E-state index in [1.807, 2.05) is 18.7 Å². The molecule has 0 aromatic rings. The second-order valence-electron chi connectivity index (χ2n) is 6.20. The fourth-order valence-corrected chi connectivity index (χ4v) is 2.76. The first-order chi connectivity index (χ1) is 9.61. The molecular formula is C15H28ClN3O2. The Kier molecular flexibility index (Phi) is 7.46. The van der Waals surface area contributed by atoms with Crippen LogP contribution in [-0.4, -0.2) is 49.4 Å². The Morgan fingerprint density at radius 1 is 1.38 bits per heavy atom. The lowest BCUT2D eigenvalue weighted by atomic mass is 9.95. The van der Waals surface area contributed by atoms with Crippen molar-refractivity contribution in [3.8, 4) is 0 Å². The van der Waals surface area contributed by atoms with Crippen LogP contribution in [0.1, 0.15) is 33.1 Å². The summed E-state index contributed by atoms with van der Waals surface area (Å²) in [5.74, 6) is 0.954. The largest absolute Gasteiger partial charge is 0.355 e. The number of carbonyl (C=O) groups is 2. The summed E-state index contributed by atoms with van der Waals surface area (Å²) in [6.45, 7) is 8.17.